The number of hydrogen-bond donors (Lipinski definition) is 1. The molecular formula is C15H15ClF3NO2. The Labute approximate surface area is 131 Å². The third-order valence-corrected chi connectivity index (χ3v) is 3.58. The molecule has 0 aliphatic carbocycles. The van der Waals surface area contributed by atoms with Crippen LogP contribution in [0.5, 0.6) is 0 Å². The van der Waals surface area contributed by atoms with Crippen molar-refractivity contribution in [1.29, 1.82) is 0 Å². The van der Waals surface area contributed by atoms with E-state index in [-0.39, 0.29) is 22.6 Å². The monoisotopic (exact) mass is 333 g/mol. The van der Waals surface area contributed by atoms with Crippen LogP contribution < -0.4 is 5.32 Å². The number of halogens is 4. The predicted octanol–water partition coefficient (Wildman–Crippen LogP) is 3.67. The van der Waals surface area contributed by atoms with E-state index in [1.807, 2.05) is 0 Å². The Morgan fingerprint density at radius 2 is 2.23 bits per heavy atom. The second kappa shape index (κ2) is 7.15. The summed E-state index contributed by atoms with van der Waals surface area (Å²) >= 11 is 5.53. The minimum Gasteiger partial charge on any atom is -0.376 e. The lowest BCUT2D eigenvalue weighted by Crippen LogP contribution is -2.30. The highest BCUT2D eigenvalue weighted by Crippen LogP contribution is 2.35. The van der Waals surface area contributed by atoms with E-state index < -0.39 is 11.7 Å². The number of ether oxygens (including phenoxy) is 1. The van der Waals surface area contributed by atoms with Gasteiger partial charge in [0.15, 0.2) is 0 Å². The van der Waals surface area contributed by atoms with Crippen molar-refractivity contribution >= 4 is 23.6 Å². The summed E-state index contributed by atoms with van der Waals surface area (Å²) in [7, 11) is 0. The first kappa shape index (κ1) is 16.8. The van der Waals surface area contributed by atoms with Gasteiger partial charge < -0.3 is 10.1 Å². The molecule has 1 atom stereocenters. The summed E-state index contributed by atoms with van der Waals surface area (Å²) in [5.74, 6) is -0.376. The van der Waals surface area contributed by atoms with Crippen LogP contribution in [0.3, 0.4) is 0 Å². The molecule has 0 bridgehead atoms. The highest BCUT2D eigenvalue weighted by molar-refractivity contribution is 6.31. The molecule has 1 saturated heterocycles. The normalized spacial score (nSPS) is 18.8. The van der Waals surface area contributed by atoms with Crippen molar-refractivity contribution in [1.82, 2.24) is 5.32 Å². The molecule has 1 unspecified atom stereocenters. The third kappa shape index (κ3) is 4.74. The molecule has 1 aliphatic heterocycles. The molecule has 1 N–H and O–H groups in total. The fourth-order valence-electron chi connectivity index (χ4n) is 2.11. The van der Waals surface area contributed by atoms with Crippen molar-refractivity contribution in [2.45, 2.75) is 25.1 Å². The number of amides is 1. The Morgan fingerprint density at radius 1 is 1.45 bits per heavy atom. The fraction of sp³-hybridized carbons (Fsp3) is 0.400. The minimum absolute atomic E-state index is 0.0183. The maximum absolute atomic E-state index is 12.7. The van der Waals surface area contributed by atoms with Gasteiger partial charge >= 0.3 is 6.18 Å². The summed E-state index contributed by atoms with van der Waals surface area (Å²) in [6, 6.07) is 3.49. The van der Waals surface area contributed by atoms with Gasteiger partial charge in [-0.3, -0.25) is 4.79 Å². The van der Waals surface area contributed by atoms with Crippen molar-refractivity contribution in [2.75, 3.05) is 13.2 Å². The van der Waals surface area contributed by atoms with Crippen LogP contribution in [-0.4, -0.2) is 25.2 Å². The summed E-state index contributed by atoms with van der Waals surface area (Å²) in [6.07, 6.45) is -0.125. The minimum atomic E-state index is -4.52. The van der Waals surface area contributed by atoms with E-state index in [4.69, 9.17) is 16.3 Å². The van der Waals surface area contributed by atoms with Crippen molar-refractivity contribution < 1.29 is 22.7 Å². The quantitative estimate of drug-likeness (QED) is 0.854. The molecule has 2 rings (SSSR count). The van der Waals surface area contributed by atoms with Gasteiger partial charge in [-0.1, -0.05) is 17.7 Å². The molecule has 1 heterocycles. The number of carbonyl (C=O) groups is 1. The molecular weight excluding hydrogens is 319 g/mol. The third-order valence-electron chi connectivity index (χ3n) is 3.25. The second-order valence-corrected chi connectivity index (χ2v) is 5.36. The van der Waals surface area contributed by atoms with Crippen LogP contribution in [0.4, 0.5) is 13.2 Å². The highest BCUT2D eigenvalue weighted by atomic mass is 35.5. The Kier molecular flexibility index (Phi) is 5.47. The number of benzene rings is 1. The summed E-state index contributed by atoms with van der Waals surface area (Å²) in [5, 5.41) is 2.28. The average Bonchev–Trinajstić information content (AvgIpc) is 2.96. The van der Waals surface area contributed by atoms with E-state index in [9.17, 15) is 18.0 Å². The maximum atomic E-state index is 12.7. The molecule has 0 spiro atoms. The van der Waals surface area contributed by atoms with Crippen molar-refractivity contribution in [3.8, 4) is 0 Å². The molecule has 22 heavy (non-hydrogen) atoms. The van der Waals surface area contributed by atoms with E-state index in [1.165, 1.54) is 18.2 Å². The number of alkyl halides is 3. The standard InChI is InChI=1S/C15H15ClF3NO2/c16-13-5-3-10(8-12(13)15(17,18)19)4-6-14(21)20-9-11-2-1-7-22-11/h3-6,8,11H,1-2,7,9H2,(H,20,21). The topological polar surface area (TPSA) is 38.3 Å². The lowest BCUT2D eigenvalue weighted by Gasteiger charge is -2.10. The van der Waals surface area contributed by atoms with Crippen molar-refractivity contribution in [2.24, 2.45) is 0 Å². The van der Waals surface area contributed by atoms with E-state index in [0.29, 0.717) is 13.2 Å². The van der Waals surface area contributed by atoms with Gasteiger partial charge in [0.1, 0.15) is 0 Å². The molecule has 1 aromatic carbocycles. The Hall–Kier alpha value is -1.53. The smallest absolute Gasteiger partial charge is 0.376 e. The van der Waals surface area contributed by atoms with Gasteiger partial charge in [-0.15, -0.1) is 0 Å². The summed E-state index contributed by atoms with van der Waals surface area (Å²) in [5.41, 5.74) is -0.667. The molecule has 120 valence electrons. The predicted molar refractivity (Wildman–Crippen MR) is 77.5 cm³/mol. The number of rotatable bonds is 4. The van der Waals surface area contributed by atoms with Gasteiger partial charge in [0.05, 0.1) is 16.7 Å². The van der Waals surface area contributed by atoms with E-state index in [1.54, 1.807) is 0 Å². The summed E-state index contributed by atoms with van der Waals surface area (Å²) in [4.78, 5) is 11.6. The lowest BCUT2D eigenvalue weighted by molar-refractivity contribution is -0.137. The largest absolute Gasteiger partial charge is 0.417 e. The first-order valence-corrected chi connectivity index (χ1v) is 7.18. The zero-order chi connectivity index (χ0) is 16.2. The molecule has 1 aliphatic rings. The van der Waals surface area contributed by atoms with Crippen LogP contribution in [0.1, 0.15) is 24.0 Å². The van der Waals surface area contributed by atoms with Gasteiger partial charge in [-0.25, -0.2) is 0 Å². The lowest BCUT2D eigenvalue weighted by atomic mass is 10.1. The van der Waals surface area contributed by atoms with Crippen LogP contribution in [-0.2, 0) is 15.7 Å². The van der Waals surface area contributed by atoms with Crippen molar-refractivity contribution in [3.05, 3.63) is 40.4 Å². The molecule has 3 nitrogen and oxygen atoms in total. The van der Waals surface area contributed by atoms with Crippen LogP contribution in [0, 0.1) is 0 Å². The Balaban J connectivity index is 1.95. The first-order chi connectivity index (χ1) is 10.4. The molecule has 0 saturated carbocycles. The van der Waals surface area contributed by atoms with Crippen LogP contribution in [0.2, 0.25) is 5.02 Å². The molecule has 1 aromatic rings. The molecule has 7 heteroatoms. The van der Waals surface area contributed by atoms with Crippen LogP contribution >= 0.6 is 11.6 Å². The van der Waals surface area contributed by atoms with Crippen molar-refractivity contribution in [3.63, 3.8) is 0 Å². The number of nitrogens with one attached hydrogen (secondary N) is 1. The fourth-order valence-corrected chi connectivity index (χ4v) is 2.34. The molecule has 0 radical (unpaired) electrons. The van der Waals surface area contributed by atoms with E-state index in [0.717, 1.165) is 25.0 Å². The molecule has 1 amide bonds. The maximum Gasteiger partial charge on any atom is 0.417 e. The van der Waals surface area contributed by atoms with E-state index in [2.05, 4.69) is 5.32 Å². The van der Waals surface area contributed by atoms with Gasteiger partial charge in [0.25, 0.3) is 0 Å². The second-order valence-electron chi connectivity index (χ2n) is 4.95. The van der Waals surface area contributed by atoms with Gasteiger partial charge in [0.2, 0.25) is 5.91 Å². The van der Waals surface area contributed by atoms with Gasteiger partial charge in [0, 0.05) is 19.2 Å². The van der Waals surface area contributed by atoms with Gasteiger partial charge in [-0.05, 0) is 36.6 Å². The number of carbonyl (C=O) groups excluding carboxylic acids is 1. The average molecular weight is 334 g/mol. The Morgan fingerprint density at radius 3 is 2.86 bits per heavy atom. The zero-order valence-electron chi connectivity index (χ0n) is 11.6. The van der Waals surface area contributed by atoms with Gasteiger partial charge in [-0.2, -0.15) is 13.2 Å². The summed E-state index contributed by atoms with van der Waals surface area (Å²) in [6.45, 7) is 1.10. The van der Waals surface area contributed by atoms with E-state index >= 15 is 0 Å². The first-order valence-electron chi connectivity index (χ1n) is 6.80. The highest BCUT2D eigenvalue weighted by Gasteiger charge is 2.33. The molecule has 0 aromatic heterocycles. The summed E-state index contributed by atoms with van der Waals surface area (Å²) < 4.78 is 43.5. The number of hydrogen-bond acceptors (Lipinski definition) is 2. The molecule has 1 fully saturated rings. The zero-order valence-corrected chi connectivity index (χ0v) is 12.4. The van der Waals surface area contributed by atoms with Crippen LogP contribution in [0.25, 0.3) is 6.08 Å². The van der Waals surface area contributed by atoms with Crippen LogP contribution in [0.15, 0.2) is 24.3 Å². The Bertz CT molecular complexity index is 566. The SMILES string of the molecule is O=C(C=Cc1ccc(Cl)c(C(F)(F)F)c1)NCC1CCCO1.